The van der Waals surface area contributed by atoms with Crippen molar-refractivity contribution in [3.63, 3.8) is 0 Å². The van der Waals surface area contributed by atoms with Gasteiger partial charge in [0.1, 0.15) is 6.04 Å². The van der Waals surface area contributed by atoms with E-state index in [1.54, 1.807) is 17.7 Å². The molecule has 3 aromatic carbocycles. The van der Waals surface area contributed by atoms with E-state index >= 15 is 0 Å². The highest BCUT2D eigenvalue weighted by Gasteiger charge is 2.23. The Kier molecular flexibility index (Phi) is 7.49. The first kappa shape index (κ1) is 24.1. The van der Waals surface area contributed by atoms with Gasteiger partial charge in [-0.05, 0) is 62.6 Å². The quantitative estimate of drug-likeness (QED) is 0.211. The summed E-state index contributed by atoms with van der Waals surface area (Å²) >= 11 is 3.30. The zero-order chi connectivity index (χ0) is 24.8. The molecule has 1 atom stereocenters. The van der Waals surface area contributed by atoms with Gasteiger partial charge in [0.15, 0.2) is 0 Å². The maximum Gasteiger partial charge on any atom is 0.274 e. The zero-order valence-electron chi connectivity index (χ0n) is 18.4. The lowest BCUT2D eigenvalue weighted by molar-refractivity contribution is -0.118. The van der Waals surface area contributed by atoms with Crippen LogP contribution in [0.15, 0.2) is 89.7 Å². The van der Waals surface area contributed by atoms with Gasteiger partial charge in [0.25, 0.3) is 11.8 Å². The third-order valence-corrected chi connectivity index (χ3v) is 5.79. The molecule has 0 bridgehead atoms. The highest BCUT2D eigenvalue weighted by molar-refractivity contribution is 9.10. The molecule has 0 fully saturated rings. The van der Waals surface area contributed by atoms with E-state index in [-0.39, 0.29) is 12.0 Å². The fourth-order valence-corrected chi connectivity index (χ4v) is 3.95. The predicted molar refractivity (Wildman–Crippen MR) is 135 cm³/mol. The minimum absolute atomic E-state index is 0.230. The molecule has 1 aromatic heterocycles. The number of aromatic nitrogens is 1. The number of fused-ring (bicyclic) bond motifs is 1. The second-order valence-electron chi connectivity index (χ2n) is 7.81. The molecule has 4 aromatic rings. The number of carbonyl (C=O) groups excluding carboxylic acids is 3. The van der Waals surface area contributed by atoms with E-state index in [9.17, 15) is 14.4 Å². The normalized spacial score (nSPS) is 11.5. The van der Waals surface area contributed by atoms with Crippen molar-refractivity contribution in [1.82, 2.24) is 15.8 Å². The van der Waals surface area contributed by atoms with Crippen LogP contribution >= 0.6 is 15.9 Å². The molecule has 0 spiro atoms. The van der Waals surface area contributed by atoms with Crippen molar-refractivity contribution in [3.05, 3.63) is 106 Å². The van der Waals surface area contributed by atoms with Gasteiger partial charge in [-0.2, -0.15) is 0 Å². The fourth-order valence-electron chi connectivity index (χ4n) is 3.59. The summed E-state index contributed by atoms with van der Waals surface area (Å²) in [6.45, 7) is 0. The lowest BCUT2D eigenvalue weighted by Crippen LogP contribution is -2.45. The Labute approximate surface area is 209 Å². The number of benzene rings is 3. The summed E-state index contributed by atoms with van der Waals surface area (Å²) in [4.78, 5) is 41.7. The molecule has 0 aliphatic heterocycles. The molecule has 0 radical (unpaired) electrons. The Balaban J connectivity index is 1.57. The number of pyridine rings is 1. The van der Waals surface area contributed by atoms with E-state index in [1.807, 2.05) is 42.5 Å². The van der Waals surface area contributed by atoms with Crippen LogP contribution in [-0.2, 0) is 11.2 Å². The number of hydroxylamine groups is 1. The maximum absolute atomic E-state index is 13.2. The minimum Gasteiger partial charge on any atom is -0.340 e. The molecule has 3 amide bonds. The summed E-state index contributed by atoms with van der Waals surface area (Å²) in [6.07, 6.45) is 3.25. The van der Waals surface area contributed by atoms with Crippen LogP contribution in [0.3, 0.4) is 0 Å². The van der Waals surface area contributed by atoms with Gasteiger partial charge in [0, 0.05) is 34.5 Å². The van der Waals surface area contributed by atoms with Gasteiger partial charge in [0.2, 0.25) is 5.91 Å². The Bertz CT molecular complexity index is 1390. The SMILES string of the molecule is O=C(NO)c1ccc(NC(=O)C(Cc2ccc3ccccc3c2)NC(=O)c2cncc(Br)c2)cc1. The number of hydrogen-bond acceptors (Lipinski definition) is 5. The predicted octanol–water partition coefficient (Wildman–Crippen LogP) is 4.10. The van der Waals surface area contributed by atoms with Gasteiger partial charge >= 0.3 is 0 Å². The maximum atomic E-state index is 13.2. The van der Waals surface area contributed by atoms with Gasteiger partial charge in [0.05, 0.1) is 5.56 Å². The van der Waals surface area contributed by atoms with Crippen LogP contribution in [0, 0.1) is 0 Å². The van der Waals surface area contributed by atoms with Crippen LogP contribution in [0.1, 0.15) is 26.3 Å². The molecular weight excluding hydrogens is 512 g/mol. The monoisotopic (exact) mass is 532 g/mol. The highest BCUT2D eigenvalue weighted by atomic mass is 79.9. The van der Waals surface area contributed by atoms with Crippen LogP contribution in [-0.4, -0.2) is 34.0 Å². The number of hydrogen-bond donors (Lipinski definition) is 4. The van der Waals surface area contributed by atoms with E-state index < -0.39 is 23.8 Å². The first-order chi connectivity index (χ1) is 16.9. The summed E-state index contributed by atoms with van der Waals surface area (Å²) in [6, 6.07) is 20.5. The van der Waals surface area contributed by atoms with E-state index in [1.165, 1.54) is 30.5 Å². The smallest absolute Gasteiger partial charge is 0.274 e. The van der Waals surface area contributed by atoms with Crippen molar-refractivity contribution in [3.8, 4) is 0 Å². The van der Waals surface area contributed by atoms with E-state index in [0.717, 1.165) is 16.3 Å². The molecule has 0 saturated carbocycles. The number of nitrogens with one attached hydrogen (secondary N) is 3. The third-order valence-electron chi connectivity index (χ3n) is 5.36. The molecule has 1 unspecified atom stereocenters. The summed E-state index contributed by atoms with van der Waals surface area (Å²) < 4.78 is 0.646. The average molecular weight is 533 g/mol. The Morgan fingerprint density at radius 1 is 0.857 bits per heavy atom. The summed E-state index contributed by atoms with van der Waals surface area (Å²) in [5.74, 6) is -1.52. The van der Waals surface area contributed by atoms with Gasteiger partial charge in [-0.3, -0.25) is 24.6 Å². The van der Waals surface area contributed by atoms with E-state index in [2.05, 4.69) is 31.5 Å². The Hall–Kier alpha value is -4.08. The van der Waals surface area contributed by atoms with Gasteiger partial charge in [-0.25, -0.2) is 5.48 Å². The van der Waals surface area contributed by atoms with Crippen LogP contribution in [0.2, 0.25) is 0 Å². The van der Waals surface area contributed by atoms with E-state index in [4.69, 9.17) is 5.21 Å². The highest BCUT2D eigenvalue weighted by Crippen LogP contribution is 2.18. The minimum atomic E-state index is -0.886. The molecule has 8 nitrogen and oxygen atoms in total. The summed E-state index contributed by atoms with van der Waals surface area (Å²) in [7, 11) is 0. The second kappa shape index (κ2) is 10.9. The molecular formula is C26H21BrN4O4. The Morgan fingerprint density at radius 2 is 1.60 bits per heavy atom. The Morgan fingerprint density at radius 3 is 2.31 bits per heavy atom. The molecule has 35 heavy (non-hydrogen) atoms. The first-order valence-corrected chi connectivity index (χ1v) is 11.5. The number of halogens is 1. The van der Waals surface area contributed by atoms with Gasteiger partial charge in [-0.15, -0.1) is 0 Å². The summed E-state index contributed by atoms with van der Waals surface area (Å²) in [5.41, 5.74) is 3.42. The topological polar surface area (TPSA) is 120 Å². The standard InChI is InChI=1S/C26H21BrN4O4/c27-21-13-20(14-28-15-21)24(32)30-23(12-16-5-6-17-3-1-2-4-19(17)11-16)26(34)29-22-9-7-18(8-10-22)25(33)31-35/h1-11,13-15,23,35H,12H2,(H,29,34)(H,30,32)(H,31,33). The summed E-state index contributed by atoms with van der Waals surface area (Å²) in [5, 5.41) is 16.5. The molecule has 0 saturated heterocycles. The van der Waals surface area contributed by atoms with Crippen molar-refractivity contribution < 1.29 is 19.6 Å². The lowest BCUT2D eigenvalue weighted by atomic mass is 10.0. The number of nitrogens with zero attached hydrogens (tertiary/aromatic N) is 1. The lowest BCUT2D eigenvalue weighted by Gasteiger charge is -2.19. The second-order valence-corrected chi connectivity index (χ2v) is 8.73. The molecule has 176 valence electrons. The van der Waals surface area contributed by atoms with Crippen molar-refractivity contribution in [2.75, 3.05) is 5.32 Å². The largest absolute Gasteiger partial charge is 0.340 e. The number of carbonyl (C=O) groups is 3. The van der Waals surface area contributed by atoms with Crippen LogP contribution in [0.25, 0.3) is 10.8 Å². The van der Waals surface area contributed by atoms with Gasteiger partial charge < -0.3 is 10.6 Å². The van der Waals surface area contributed by atoms with E-state index in [0.29, 0.717) is 15.7 Å². The molecule has 0 aliphatic rings. The van der Waals surface area contributed by atoms with Crippen molar-refractivity contribution >= 4 is 50.1 Å². The molecule has 4 rings (SSSR count). The first-order valence-electron chi connectivity index (χ1n) is 10.7. The number of anilines is 1. The van der Waals surface area contributed by atoms with Crippen molar-refractivity contribution in [1.29, 1.82) is 0 Å². The van der Waals surface area contributed by atoms with Crippen LogP contribution in [0.5, 0.6) is 0 Å². The average Bonchev–Trinajstić information content (AvgIpc) is 2.88. The third kappa shape index (κ3) is 6.08. The molecule has 0 aliphatic carbocycles. The number of amides is 3. The van der Waals surface area contributed by atoms with Crippen LogP contribution < -0.4 is 16.1 Å². The van der Waals surface area contributed by atoms with Gasteiger partial charge in [-0.1, -0.05) is 42.5 Å². The molecule has 1 heterocycles. The van der Waals surface area contributed by atoms with Crippen LogP contribution in [0.4, 0.5) is 5.69 Å². The van der Waals surface area contributed by atoms with Crippen molar-refractivity contribution in [2.24, 2.45) is 0 Å². The number of rotatable bonds is 7. The molecule has 4 N–H and O–H groups in total. The zero-order valence-corrected chi connectivity index (χ0v) is 20.0. The fraction of sp³-hybridized carbons (Fsp3) is 0.0769. The van der Waals surface area contributed by atoms with Crippen molar-refractivity contribution in [2.45, 2.75) is 12.5 Å². The molecule has 9 heteroatoms.